The summed E-state index contributed by atoms with van der Waals surface area (Å²) >= 11 is 5.28. The summed E-state index contributed by atoms with van der Waals surface area (Å²) < 4.78 is 0. The topological polar surface area (TPSA) is 56.7 Å². The van der Waals surface area contributed by atoms with E-state index in [0.717, 1.165) is 22.0 Å². The first-order valence-electron chi connectivity index (χ1n) is 7.93. The van der Waals surface area contributed by atoms with E-state index in [4.69, 9.17) is 12.2 Å². The van der Waals surface area contributed by atoms with Gasteiger partial charge in [0.25, 0.3) is 0 Å². The van der Waals surface area contributed by atoms with Gasteiger partial charge in [-0.2, -0.15) is 5.10 Å². The summed E-state index contributed by atoms with van der Waals surface area (Å²) in [6.45, 7) is 4.09. The minimum Gasteiger partial charge on any atom is -0.507 e. The average Bonchev–Trinajstić information content (AvgIpc) is 2.61. The molecule has 3 aromatic carbocycles. The Morgan fingerprint density at radius 3 is 2.68 bits per heavy atom. The van der Waals surface area contributed by atoms with Gasteiger partial charge in [0.15, 0.2) is 5.11 Å². The normalized spacial score (nSPS) is 11.0. The first-order valence-corrected chi connectivity index (χ1v) is 8.34. The van der Waals surface area contributed by atoms with Gasteiger partial charge in [-0.3, -0.25) is 5.43 Å². The van der Waals surface area contributed by atoms with E-state index >= 15 is 0 Å². The maximum atomic E-state index is 10.1. The van der Waals surface area contributed by atoms with Crippen LogP contribution in [0.2, 0.25) is 0 Å². The second kappa shape index (κ2) is 7.32. The average molecular weight is 349 g/mol. The fraction of sp³-hybridized carbons (Fsp3) is 0.100. The molecule has 0 saturated carbocycles. The SMILES string of the molecule is Cc1cccc(NC(=S)N/N=C/c2c(O)ccc3ccccc23)c1C. The zero-order valence-corrected chi connectivity index (χ0v) is 14.9. The number of nitrogens with zero attached hydrogens (tertiary/aromatic N) is 1. The molecule has 0 fully saturated rings. The minimum absolute atomic E-state index is 0.178. The second-order valence-corrected chi connectivity index (χ2v) is 6.20. The number of hydrogen-bond acceptors (Lipinski definition) is 3. The van der Waals surface area contributed by atoms with Gasteiger partial charge < -0.3 is 10.4 Å². The van der Waals surface area contributed by atoms with Gasteiger partial charge in [-0.25, -0.2) is 0 Å². The van der Waals surface area contributed by atoms with E-state index in [2.05, 4.69) is 28.8 Å². The molecule has 0 aromatic heterocycles. The minimum atomic E-state index is 0.178. The molecule has 0 aliphatic carbocycles. The molecule has 0 aliphatic rings. The summed E-state index contributed by atoms with van der Waals surface area (Å²) in [5, 5.41) is 19.8. The molecule has 4 nitrogen and oxygen atoms in total. The van der Waals surface area contributed by atoms with Crippen LogP contribution in [0.3, 0.4) is 0 Å². The van der Waals surface area contributed by atoms with Gasteiger partial charge in [0, 0.05) is 11.3 Å². The van der Waals surface area contributed by atoms with Gasteiger partial charge in [-0.15, -0.1) is 0 Å². The molecule has 0 spiro atoms. The molecule has 0 saturated heterocycles. The Morgan fingerprint density at radius 1 is 1.04 bits per heavy atom. The van der Waals surface area contributed by atoms with Crippen LogP contribution < -0.4 is 10.7 Å². The Balaban J connectivity index is 1.74. The van der Waals surface area contributed by atoms with Crippen molar-refractivity contribution in [2.75, 3.05) is 5.32 Å². The molecule has 0 bridgehead atoms. The molecule has 0 amide bonds. The summed E-state index contributed by atoms with van der Waals surface area (Å²) in [4.78, 5) is 0. The van der Waals surface area contributed by atoms with E-state index in [1.54, 1.807) is 12.3 Å². The van der Waals surface area contributed by atoms with Gasteiger partial charge in [0.05, 0.1) is 6.21 Å². The number of hydrogen-bond donors (Lipinski definition) is 3. The largest absolute Gasteiger partial charge is 0.507 e. The Morgan fingerprint density at radius 2 is 1.84 bits per heavy atom. The third-order valence-corrected chi connectivity index (χ3v) is 4.35. The van der Waals surface area contributed by atoms with Crippen molar-refractivity contribution in [1.29, 1.82) is 0 Å². The van der Waals surface area contributed by atoms with Gasteiger partial charge in [-0.05, 0) is 60.1 Å². The number of rotatable bonds is 3. The number of hydrazone groups is 1. The molecule has 3 N–H and O–H groups in total. The van der Waals surface area contributed by atoms with Crippen LogP contribution in [-0.4, -0.2) is 16.4 Å². The van der Waals surface area contributed by atoms with Crippen molar-refractivity contribution in [3.63, 3.8) is 0 Å². The lowest BCUT2D eigenvalue weighted by Crippen LogP contribution is -2.24. The molecule has 0 atom stereocenters. The first-order chi connectivity index (χ1) is 12.1. The van der Waals surface area contributed by atoms with Crippen LogP contribution in [-0.2, 0) is 0 Å². The number of phenolic OH excluding ortho intramolecular Hbond substituents is 1. The van der Waals surface area contributed by atoms with Gasteiger partial charge in [0.2, 0.25) is 0 Å². The summed E-state index contributed by atoms with van der Waals surface area (Å²) in [6.07, 6.45) is 1.58. The molecule has 3 aromatic rings. The number of anilines is 1. The van der Waals surface area contributed by atoms with Crippen LogP contribution in [0.15, 0.2) is 59.7 Å². The monoisotopic (exact) mass is 349 g/mol. The zero-order valence-electron chi connectivity index (χ0n) is 14.1. The van der Waals surface area contributed by atoms with Crippen LogP contribution in [0.5, 0.6) is 5.75 Å². The smallest absolute Gasteiger partial charge is 0.191 e. The summed E-state index contributed by atoms with van der Waals surface area (Å²) in [5.74, 6) is 0.178. The third-order valence-electron chi connectivity index (χ3n) is 4.16. The number of aromatic hydroxyl groups is 1. The maximum Gasteiger partial charge on any atom is 0.191 e. The van der Waals surface area contributed by atoms with E-state index in [-0.39, 0.29) is 5.75 Å². The van der Waals surface area contributed by atoms with Crippen LogP contribution in [0.1, 0.15) is 16.7 Å². The first kappa shape index (κ1) is 16.9. The van der Waals surface area contributed by atoms with E-state index < -0.39 is 0 Å². The number of fused-ring (bicyclic) bond motifs is 1. The second-order valence-electron chi connectivity index (χ2n) is 5.79. The zero-order chi connectivity index (χ0) is 17.8. The third kappa shape index (κ3) is 3.78. The fourth-order valence-corrected chi connectivity index (χ4v) is 2.77. The Kier molecular flexibility index (Phi) is 4.95. The molecule has 3 rings (SSSR count). The lowest BCUT2D eigenvalue weighted by atomic mass is 10.0. The molecule has 126 valence electrons. The Labute approximate surface area is 152 Å². The van der Waals surface area contributed by atoms with Crippen molar-refractivity contribution in [1.82, 2.24) is 5.43 Å². The van der Waals surface area contributed by atoms with Gasteiger partial charge in [0.1, 0.15) is 5.75 Å². The van der Waals surface area contributed by atoms with Crippen molar-refractivity contribution in [3.05, 3.63) is 71.3 Å². The standard InChI is InChI=1S/C20H19N3OS/c1-13-6-5-9-18(14(13)2)22-20(25)23-21-12-17-16-8-4-3-7-15(16)10-11-19(17)24/h3-12,24H,1-2H3,(H2,22,23,25)/b21-12+. The van der Waals surface area contributed by atoms with E-state index in [1.165, 1.54) is 5.56 Å². The van der Waals surface area contributed by atoms with Crippen LogP contribution in [0.25, 0.3) is 10.8 Å². The molecule has 5 heteroatoms. The Hall–Kier alpha value is -2.92. The van der Waals surface area contributed by atoms with Gasteiger partial charge in [-0.1, -0.05) is 42.5 Å². The number of benzene rings is 3. The number of thiocarbonyl (C=S) groups is 1. The quantitative estimate of drug-likeness (QED) is 0.371. The summed E-state index contributed by atoms with van der Waals surface area (Å²) in [5.41, 5.74) is 6.73. The lowest BCUT2D eigenvalue weighted by Gasteiger charge is -2.11. The highest BCUT2D eigenvalue weighted by atomic mass is 32.1. The number of nitrogens with one attached hydrogen (secondary N) is 2. The fourth-order valence-electron chi connectivity index (χ4n) is 2.61. The predicted molar refractivity (Wildman–Crippen MR) is 108 cm³/mol. The lowest BCUT2D eigenvalue weighted by molar-refractivity contribution is 0.475. The van der Waals surface area contributed by atoms with Crippen molar-refractivity contribution >= 4 is 40.0 Å². The molecule has 0 aliphatic heterocycles. The van der Waals surface area contributed by atoms with Crippen LogP contribution >= 0.6 is 12.2 Å². The summed E-state index contributed by atoms with van der Waals surface area (Å²) in [7, 11) is 0. The van der Waals surface area contributed by atoms with E-state index in [9.17, 15) is 5.11 Å². The van der Waals surface area contributed by atoms with E-state index in [1.807, 2.05) is 49.4 Å². The van der Waals surface area contributed by atoms with Crippen molar-refractivity contribution in [2.24, 2.45) is 5.10 Å². The number of phenols is 1. The highest BCUT2D eigenvalue weighted by Gasteiger charge is 2.05. The van der Waals surface area contributed by atoms with Crippen LogP contribution in [0.4, 0.5) is 5.69 Å². The van der Waals surface area contributed by atoms with Crippen LogP contribution in [0, 0.1) is 13.8 Å². The molecule has 25 heavy (non-hydrogen) atoms. The molecular formula is C20H19N3OS. The van der Waals surface area contributed by atoms with Gasteiger partial charge >= 0.3 is 0 Å². The van der Waals surface area contributed by atoms with Crippen molar-refractivity contribution in [3.8, 4) is 5.75 Å². The molecule has 0 radical (unpaired) electrons. The maximum absolute atomic E-state index is 10.1. The van der Waals surface area contributed by atoms with E-state index in [0.29, 0.717) is 10.7 Å². The van der Waals surface area contributed by atoms with Crippen molar-refractivity contribution in [2.45, 2.75) is 13.8 Å². The Bertz CT molecular complexity index is 966. The number of aryl methyl sites for hydroxylation is 1. The highest BCUT2D eigenvalue weighted by molar-refractivity contribution is 7.80. The highest BCUT2D eigenvalue weighted by Crippen LogP contribution is 2.25. The molecular weight excluding hydrogens is 330 g/mol. The summed E-state index contributed by atoms with van der Waals surface area (Å²) in [6, 6.07) is 17.4. The predicted octanol–water partition coefficient (Wildman–Crippen LogP) is 4.48. The molecule has 0 heterocycles. The molecule has 0 unspecified atom stereocenters. The van der Waals surface area contributed by atoms with Crippen molar-refractivity contribution < 1.29 is 5.11 Å².